The molecule has 0 radical (unpaired) electrons. The number of hydrogen-bond donors (Lipinski definition) is 2. The summed E-state index contributed by atoms with van der Waals surface area (Å²) in [4.78, 5) is 30.8. The first kappa shape index (κ1) is 21.4. The van der Waals surface area contributed by atoms with E-state index in [1.54, 1.807) is 4.90 Å². The highest BCUT2D eigenvalue weighted by atomic mass is 19.1. The molecule has 1 aliphatic carbocycles. The normalized spacial score (nSPS) is 24.1. The van der Waals surface area contributed by atoms with Gasteiger partial charge in [0.05, 0.1) is 11.1 Å². The summed E-state index contributed by atoms with van der Waals surface area (Å²) in [7, 11) is 0. The highest BCUT2D eigenvalue weighted by Crippen LogP contribution is 2.51. The number of anilines is 1. The van der Waals surface area contributed by atoms with Crippen molar-refractivity contribution in [1.29, 1.82) is 0 Å². The molecule has 2 aromatic heterocycles. The lowest BCUT2D eigenvalue weighted by Gasteiger charge is -2.46. The predicted octanol–water partition coefficient (Wildman–Crippen LogP) is 2.98. The summed E-state index contributed by atoms with van der Waals surface area (Å²) in [5, 5.41) is 9.24. The van der Waals surface area contributed by atoms with Crippen LogP contribution >= 0.6 is 0 Å². The number of aromatic carboxylic acids is 1. The van der Waals surface area contributed by atoms with Gasteiger partial charge >= 0.3 is 5.97 Å². The van der Waals surface area contributed by atoms with Crippen LogP contribution in [0.3, 0.4) is 0 Å². The van der Waals surface area contributed by atoms with Crippen LogP contribution in [-0.2, 0) is 0 Å². The van der Waals surface area contributed by atoms with Crippen molar-refractivity contribution >= 4 is 22.8 Å². The fourth-order valence-electron chi connectivity index (χ4n) is 5.33. The standard InChI is InChI=1S/C23H21F3N4O3/c1-10-17-19(31)12(22(32)33)7-30(16-4-3-11(24)5-14(16)25)20(17)28-21(18(10)26)29-8-13-15(27)6-23(13,2)9-29/h3-5,7,13,15H,6,8-9,27H2,1-2H3,(H,32,33). The average Bonchev–Trinajstić information content (AvgIpc) is 3.01. The minimum Gasteiger partial charge on any atom is -0.477 e. The lowest BCUT2D eigenvalue weighted by atomic mass is 9.60. The van der Waals surface area contributed by atoms with Crippen LogP contribution in [0, 0.1) is 35.7 Å². The third kappa shape index (κ3) is 3.04. The number of halogens is 3. The molecule has 0 spiro atoms. The molecule has 3 N–H and O–H groups in total. The van der Waals surface area contributed by atoms with Crippen LogP contribution in [-0.4, -0.2) is 39.8 Å². The molecule has 3 aromatic rings. The molecule has 3 unspecified atom stereocenters. The summed E-state index contributed by atoms with van der Waals surface area (Å²) in [5.41, 5.74) is 4.02. The Hall–Kier alpha value is -3.40. The largest absolute Gasteiger partial charge is 0.477 e. The summed E-state index contributed by atoms with van der Waals surface area (Å²) in [6.45, 7) is 4.44. The minimum absolute atomic E-state index is 0.00855. The van der Waals surface area contributed by atoms with E-state index in [0.29, 0.717) is 19.2 Å². The molecule has 7 nitrogen and oxygen atoms in total. The summed E-state index contributed by atoms with van der Waals surface area (Å²) in [6, 6.07) is 2.75. The van der Waals surface area contributed by atoms with E-state index in [1.807, 2.05) is 0 Å². The van der Waals surface area contributed by atoms with E-state index in [-0.39, 0.29) is 45.5 Å². The van der Waals surface area contributed by atoms with E-state index in [0.717, 1.165) is 29.3 Å². The molecule has 10 heteroatoms. The number of hydrogen-bond acceptors (Lipinski definition) is 5. The molecule has 1 aromatic carbocycles. The van der Waals surface area contributed by atoms with E-state index in [2.05, 4.69) is 11.9 Å². The molecule has 0 bridgehead atoms. The molecule has 3 atom stereocenters. The number of benzene rings is 1. The van der Waals surface area contributed by atoms with Crippen LogP contribution in [0.5, 0.6) is 0 Å². The van der Waals surface area contributed by atoms with Crippen LogP contribution in [0.15, 0.2) is 29.2 Å². The molecule has 33 heavy (non-hydrogen) atoms. The number of carboxylic acids is 1. The van der Waals surface area contributed by atoms with Gasteiger partial charge in [-0.1, -0.05) is 6.92 Å². The van der Waals surface area contributed by atoms with Crippen molar-refractivity contribution in [2.75, 3.05) is 18.0 Å². The summed E-state index contributed by atoms with van der Waals surface area (Å²) >= 11 is 0. The van der Waals surface area contributed by atoms with E-state index in [1.165, 1.54) is 6.92 Å². The van der Waals surface area contributed by atoms with Gasteiger partial charge in [-0.05, 0) is 36.8 Å². The molecule has 2 aliphatic rings. The number of carbonyl (C=O) groups is 1. The maximum Gasteiger partial charge on any atom is 0.341 e. The molecular formula is C23H21F3N4O3. The van der Waals surface area contributed by atoms with Gasteiger partial charge in [-0.2, -0.15) is 0 Å². The van der Waals surface area contributed by atoms with Gasteiger partial charge in [0.15, 0.2) is 17.3 Å². The Morgan fingerprint density at radius 3 is 2.64 bits per heavy atom. The van der Waals surface area contributed by atoms with Gasteiger partial charge in [-0.25, -0.2) is 22.9 Å². The topological polar surface area (TPSA) is 101 Å². The lowest BCUT2D eigenvalue weighted by Crippen LogP contribution is -2.53. The first-order chi connectivity index (χ1) is 15.5. The fourth-order valence-corrected chi connectivity index (χ4v) is 5.33. The third-order valence-electron chi connectivity index (χ3n) is 7.08. The van der Waals surface area contributed by atoms with Crippen molar-refractivity contribution in [3.8, 4) is 5.69 Å². The molecule has 1 saturated carbocycles. The average molecular weight is 458 g/mol. The maximum atomic E-state index is 15.5. The summed E-state index contributed by atoms with van der Waals surface area (Å²) in [6.07, 6.45) is 1.73. The van der Waals surface area contributed by atoms with Gasteiger partial charge < -0.3 is 15.7 Å². The Bertz CT molecular complexity index is 1410. The van der Waals surface area contributed by atoms with Gasteiger partial charge in [0, 0.05) is 37.0 Å². The van der Waals surface area contributed by atoms with Crippen LogP contribution < -0.4 is 16.1 Å². The molecule has 172 valence electrons. The third-order valence-corrected chi connectivity index (χ3v) is 7.08. The van der Waals surface area contributed by atoms with Crippen molar-refractivity contribution < 1.29 is 23.1 Å². The van der Waals surface area contributed by atoms with Crippen molar-refractivity contribution in [3.63, 3.8) is 0 Å². The van der Waals surface area contributed by atoms with E-state index in [4.69, 9.17) is 5.73 Å². The van der Waals surface area contributed by atoms with Gasteiger partial charge in [0.2, 0.25) is 5.43 Å². The number of aryl methyl sites for hydroxylation is 1. The number of pyridine rings is 2. The Morgan fingerprint density at radius 2 is 2.03 bits per heavy atom. The van der Waals surface area contributed by atoms with Gasteiger partial charge in [0.25, 0.3) is 0 Å². The zero-order valence-electron chi connectivity index (χ0n) is 17.9. The molecule has 3 heterocycles. The molecule has 5 rings (SSSR count). The van der Waals surface area contributed by atoms with Gasteiger partial charge in [-0.3, -0.25) is 9.36 Å². The highest BCUT2D eigenvalue weighted by molar-refractivity contribution is 5.93. The monoisotopic (exact) mass is 458 g/mol. The van der Waals surface area contributed by atoms with Crippen LogP contribution in [0.25, 0.3) is 16.7 Å². The maximum absolute atomic E-state index is 15.5. The van der Waals surface area contributed by atoms with Crippen molar-refractivity contribution in [2.24, 2.45) is 17.1 Å². The first-order valence-electron chi connectivity index (χ1n) is 10.5. The zero-order chi connectivity index (χ0) is 23.8. The number of rotatable bonds is 3. The van der Waals surface area contributed by atoms with Crippen molar-refractivity contribution in [1.82, 2.24) is 9.55 Å². The number of aromatic nitrogens is 2. The number of carboxylic acid groups (broad SMARTS) is 1. The van der Waals surface area contributed by atoms with E-state index >= 15 is 4.39 Å². The summed E-state index contributed by atoms with van der Waals surface area (Å²) in [5.74, 6) is -3.96. The fraction of sp³-hybridized carbons (Fsp3) is 0.348. The first-order valence-corrected chi connectivity index (χ1v) is 10.5. The lowest BCUT2D eigenvalue weighted by molar-refractivity contribution is 0.0695. The van der Waals surface area contributed by atoms with Crippen molar-refractivity contribution in [3.05, 3.63) is 63.2 Å². The molecule has 0 amide bonds. The van der Waals surface area contributed by atoms with Crippen LogP contribution in [0.1, 0.15) is 29.3 Å². The molecule has 1 aliphatic heterocycles. The summed E-state index contributed by atoms with van der Waals surface area (Å²) < 4.78 is 44.7. The molecule has 1 saturated heterocycles. The van der Waals surface area contributed by atoms with Gasteiger partial charge in [-0.15, -0.1) is 0 Å². The predicted molar refractivity (Wildman–Crippen MR) is 115 cm³/mol. The van der Waals surface area contributed by atoms with E-state index < -0.39 is 34.4 Å². The number of nitrogens with zero attached hydrogens (tertiary/aromatic N) is 3. The molecule has 2 fully saturated rings. The quantitative estimate of drug-likeness (QED) is 0.626. The number of fused-ring (bicyclic) bond motifs is 2. The Balaban J connectivity index is 1.80. The van der Waals surface area contributed by atoms with Crippen molar-refractivity contribution in [2.45, 2.75) is 26.3 Å². The second kappa shape index (κ2) is 7.05. The Morgan fingerprint density at radius 1 is 1.30 bits per heavy atom. The second-order valence-corrected chi connectivity index (χ2v) is 9.22. The Kier molecular flexibility index (Phi) is 4.58. The SMILES string of the molecule is Cc1c(F)c(N2CC3C(N)CC3(C)C2)nc2c1c(=O)c(C(=O)O)cn2-c1ccc(F)cc1F. The molecular weight excluding hydrogens is 437 g/mol. The number of nitrogens with two attached hydrogens (primary N) is 1. The van der Waals surface area contributed by atoms with E-state index in [9.17, 15) is 23.5 Å². The Labute approximate surface area is 186 Å². The van der Waals surface area contributed by atoms with Crippen LogP contribution in [0.2, 0.25) is 0 Å². The minimum atomic E-state index is -1.56. The van der Waals surface area contributed by atoms with Gasteiger partial charge in [0.1, 0.15) is 17.2 Å². The highest BCUT2D eigenvalue weighted by Gasteiger charge is 2.55. The smallest absolute Gasteiger partial charge is 0.341 e. The zero-order valence-corrected chi connectivity index (χ0v) is 17.9. The second-order valence-electron chi connectivity index (χ2n) is 9.22. The van der Waals surface area contributed by atoms with Crippen LogP contribution in [0.4, 0.5) is 19.0 Å².